The van der Waals surface area contributed by atoms with Crippen LogP contribution in [-0.4, -0.2) is 13.0 Å². The van der Waals surface area contributed by atoms with Crippen LogP contribution >= 0.6 is 11.6 Å². The van der Waals surface area contributed by atoms with Crippen LogP contribution in [0.4, 0.5) is 0 Å². The number of benzene rings is 1. The highest BCUT2D eigenvalue weighted by molar-refractivity contribution is 6.30. The number of ether oxygens (including phenoxy) is 1. The third-order valence-corrected chi connectivity index (χ3v) is 2.64. The summed E-state index contributed by atoms with van der Waals surface area (Å²) in [6, 6.07) is 5.37. The van der Waals surface area contributed by atoms with E-state index in [2.05, 4.69) is 5.32 Å². The standard InChI is InChI=1S/C14H20ClNO2/c1-14(2,3)8-13(17)16-9-10-7-11(15)5-6-12(10)18-4/h5-7H,8-9H2,1-4H3,(H,16,17). The second-order valence-electron chi connectivity index (χ2n) is 5.47. The van der Waals surface area contributed by atoms with E-state index in [0.717, 1.165) is 11.3 Å². The van der Waals surface area contributed by atoms with Gasteiger partial charge in [0.1, 0.15) is 5.75 Å². The zero-order chi connectivity index (χ0) is 13.8. The molecule has 0 atom stereocenters. The maximum Gasteiger partial charge on any atom is 0.220 e. The molecule has 100 valence electrons. The van der Waals surface area contributed by atoms with Gasteiger partial charge in [-0.3, -0.25) is 4.79 Å². The summed E-state index contributed by atoms with van der Waals surface area (Å²) in [5.41, 5.74) is 0.870. The van der Waals surface area contributed by atoms with Gasteiger partial charge in [-0.25, -0.2) is 0 Å². The van der Waals surface area contributed by atoms with Gasteiger partial charge in [-0.1, -0.05) is 32.4 Å². The molecule has 0 bridgehead atoms. The van der Waals surface area contributed by atoms with Gasteiger partial charge >= 0.3 is 0 Å². The second-order valence-corrected chi connectivity index (χ2v) is 5.91. The van der Waals surface area contributed by atoms with Gasteiger partial charge in [-0.15, -0.1) is 0 Å². The SMILES string of the molecule is COc1ccc(Cl)cc1CNC(=O)CC(C)(C)C. The van der Waals surface area contributed by atoms with Crippen molar-refractivity contribution in [1.29, 1.82) is 0 Å². The number of hydrogen-bond acceptors (Lipinski definition) is 2. The van der Waals surface area contributed by atoms with Gasteiger partial charge < -0.3 is 10.1 Å². The maximum atomic E-state index is 11.7. The number of amides is 1. The average molecular weight is 270 g/mol. The maximum absolute atomic E-state index is 11.7. The van der Waals surface area contributed by atoms with Gasteiger partial charge in [0.25, 0.3) is 0 Å². The fourth-order valence-electron chi connectivity index (χ4n) is 1.62. The lowest BCUT2D eigenvalue weighted by Gasteiger charge is -2.17. The van der Waals surface area contributed by atoms with Crippen molar-refractivity contribution in [2.75, 3.05) is 7.11 Å². The van der Waals surface area contributed by atoms with E-state index in [9.17, 15) is 4.79 Å². The minimum atomic E-state index is -0.0114. The van der Waals surface area contributed by atoms with Gasteiger partial charge in [-0.2, -0.15) is 0 Å². The summed E-state index contributed by atoms with van der Waals surface area (Å²) in [5.74, 6) is 0.764. The second kappa shape index (κ2) is 6.10. The molecule has 18 heavy (non-hydrogen) atoms. The highest BCUT2D eigenvalue weighted by Crippen LogP contribution is 2.23. The summed E-state index contributed by atoms with van der Waals surface area (Å²) in [4.78, 5) is 11.7. The van der Waals surface area contributed by atoms with E-state index in [4.69, 9.17) is 16.3 Å². The monoisotopic (exact) mass is 269 g/mol. The van der Waals surface area contributed by atoms with Crippen molar-refractivity contribution in [2.24, 2.45) is 5.41 Å². The quantitative estimate of drug-likeness (QED) is 0.910. The molecule has 0 unspecified atom stereocenters. The van der Waals surface area contributed by atoms with E-state index in [0.29, 0.717) is 18.0 Å². The zero-order valence-electron chi connectivity index (χ0n) is 11.3. The Morgan fingerprint density at radius 1 is 1.39 bits per heavy atom. The number of halogens is 1. The number of nitrogens with one attached hydrogen (secondary N) is 1. The Morgan fingerprint density at radius 2 is 2.06 bits per heavy atom. The molecule has 0 aliphatic heterocycles. The molecule has 0 heterocycles. The fraction of sp³-hybridized carbons (Fsp3) is 0.500. The molecule has 4 heteroatoms. The third kappa shape index (κ3) is 4.96. The predicted octanol–water partition coefficient (Wildman–Crippen LogP) is 3.40. The van der Waals surface area contributed by atoms with Crippen molar-refractivity contribution in [3.05, 3.63) is 28.8 Å². The fourth-order valence-corrected chi connectivity index (χ4v) is 1.82. The van der Waals surface area contributed by atoms with E-state index in [1.165, 1.54) is 0 Å². The Hall–Kier alpha value is -1.22. The molecule has 1 rings (SSSR count). The highest BCUT2D eigenvalue weighted by Gasteiger charge is 2.16. The molecule has 0 aliphatic rings. The van der Waals surface area contributed by atoms with Gasteiger partial charge in [0, 0.05) is 23.6 Å². The van der Waals surface area contributed by atoms with Crippen molar-refractivity contribution in [3.63, 3.8) is 0 Å². The van der Waals surface area contributed by atoms with Crippen LogP contribution in [0.1, 0.15) is 32.8 Å². The predicted molar refractivity (Wildman–Crippen MR) is 73.9 cm³/mol. The molecule has 0 fully saturated rings. The molecule has 1 N–H and O–H groups in total. The Labute approximate surface area is 113 Å². The number of carbonyl (C=O) groups excluding carboxylic acids is 1. The lowest BCUT2D eigenvalue weighted by molar-refractivity contribution is -0.122. The number of methoxy groups -OCH3 is 1. The Balaban J connectivity index is 2.63. The van der Waals surface area contributed by atoms with Crippen LogP contribution < -0.4 is 10.1 Å². The van der Waals surface area contributed by atoms with Gasteiger partial charge in [0.2, 0.25) is 5.91 Å². The van der Waals surface area contributed by atoms with Crippen molar-refractivity contribution in [1.82, 2.24) is 5.32 Å². The van der Waals surface area contributed by atoms with Crippen molar-refractivity contribution >= 4 is 17.5 Å². The number of carbonyl (C=O) groups is 1. The molecular weight excluding hydrogens is 250 g/mol. The molecule has 0 saturated heterocycles. The lowest BCUT2D eigenvalue weighted by atomic mass is 9.92. The van der Waals surface area contributed by atoms with Crippen molar-refractivity contribution in [2.45, 2.75) is 33.7 Å². The zero-order valence-corrected chi connectivity index (χ0v) is 12.1. The Kier molecular flexibility index (Phi) is 5.03. The third-order valence-electron chi connectivity index (χ3n) is 2.41. The molecule has 3 nitrogen and oxygen atoms in total. The first kappa shape index (κ1) is 14.8. The highest BCUT2D eigenvalue weighted by atomic mass is 35.5. The first-order valence-corrected chi connectivity index (χ1v) is 6.29. The van der Waals surface area contributed by atoms with E-state index >= 15 is 0 Å². The van der Waals surface area contributed by atoms with Crippen LogP contribution in [0.25, 0.3) is 0 Å². The molecular formula is C14H20ClNO2. The summed E-state index contributed by atoms with van der Waals surface area (Å²) >= 11 is 5.93. The molecule has 0 aromatic heterocycles. The lowest BCUT2D eigenvalue weighted by Crippen LogP contribution is -2.27. The molecule has 0 aliphatic carbocycles. The molecule has 0 radical (unpaired) electrons. The topological polar surface area (TPSA) is 38.3 Å². The van der Waals surface area contributed by atoms with Crippen LogP contribution in [0.5, 0.6) is 5.75 Å². The Morgan fingerprint density at radius 3 is 2.61 bits per heavy atom. The summed E-state index contributed by atoms with van der Waals surface area (Å²) in [6.45, 7) is 6.53. The molecule has 1 amide bonds. The largest absolute Gasteiger partial charge is 0.496 e. The average Bonchev–Trinajstić information content (AvgIpc) is 2.24. The smallest absolute Gasteiger partial charge is 0.220 e. The molecule has 0 saturated carbocycles. The van der Waals surface area contributed by atoms with Crippen LogP contribution in [0, 0.1) is 5.41 Å². The number of hydrogen-bond donors (Lipinski definition) is 1. The first-order chi connectivity index (χ1) is 8.31. The van der Waals surface area contributed by atoms with Crippen LogP contribution in [0.3, 0.4) is 0 Å². The van der Waals surface area contributed by atoms with E-state index in [1.54, 1.807) is 25.3 Å². The van der Waals surface area contributed by atoms with Crippen LogP contribution in [-0.2, 0) is 11.3 Å². The van der Waals surface area contributed by atoms with Gasteiger partial charge in [0.05, 0.1) is 7.11 Å². The van der Waals surface area contributed by atoms with Crippen molar-refractivity contribution in [3.8, 4) is 5.75 Å². The number of rotatable bonds is 4. The first-order valence-electron chi connectivity index (χ1n) is 5.91. The van der Waals surface area contributed by atoms with Gasteiger partial charge in [-0.05, 0) is 23.6 Å². The molecule has 1 aromatic rings. The summed E-state index contributed by atoms with van der Waals surface area (Å²) in [7, 11) is 1.60. The van der Waals surface area contributed by atoms with Crippen LogP contribution in [0.2, 0.25) is 5.02 Å². The van der Waals surface area contributed by atoms with E-state index in [1.807, 2.05) is 20.8 Å². The van der Waals surface area contributed by atoms with E-state index < -0.39 is 0 Å². The van der Waals surface area contributed by atoms with Crippen LogP contribution in [0.15, 0.2) is 18.2 Å². The minimum Gasteiger partial charge on any atom is -0.496 e. The summed E-state index contributed by atoms with van der Waals surface area (Å²) in [5, 5.41) is 3.51. The van der Waals surface area contributed by atoms with Gasteiger partial charge in [0.15, 0.2) is 0 Å². The normalized spacial score (nSPS) is 11.2. The summed E-state index contributed by atoms with van der Waals surface area (Å²) < 4.78 is 5.22. The van der Waals surface area contributed by atoms with Crippen molar-refractivity contribution < 1.29 is 9.53 Å². The molecule has 0 spiro atoms. The molecule has 1 aromatic carbocycles. The Bertz CT molecular complexity index is 424. The minimum absolute atomic E-state index is 0.0114. The van der Waals surface area contributed by atoms with E-state index in [-0.39, 0.29) is 11.3 Å². The summed E-state index contributed by atoms with van der Waals surface area (Å²) in [6.07, 6.45) is 0.496.